The number of hydrogen-bond donors (Lipinski definition) is 1. The molecule has 1 aromatic rings. The molecule has 3 heteroatoms. The first-order valence-corrected chi connectivity index (χ1v) is 8.61. The van der Waals surface area contributed by atoms with E-state index in [9.17, 15) is 0 Å². The number of rotatable bonds is 3. The van der Waals surface area contributed by atoms with Crippen LogP contribution in [0.5, 0.6) is 0 Å². The van der Waals surface area contributed by atoms with Gasteiger partial charge in [-0.05, 0) is 62.8 Å². The molecule has 1 N–H and O–H groups in total. The van der Waals surface area contributed by atoms with Crippen LogP contribution in [0.25, 0.3) is 0 Å². The number of nitrogens with zero attached hydrogens (tertiary/aromatic N) is 2. The Labute approximate surface area is 129 Å². The van der Waals surface area contributed by atoms with Crippen molar-refractivity contribution in [2.75, 3.05) is 25.0 Å². The van der Waals surface area contributed by atoms with Crippen molar-refractivity contribution in [2.45, 2.75) is 57.9 Å². The summed E-state index contributed by atoms with van der Waals surface area (Å²) in [4.78, 5) is 7.10. The van der Waals surface area contributed by atoms with Crippen LogP contribution in [0, 0.1) is 5.41 Å². The zero-order valence-electron chi connectivity index (χ0n) is 13.6. The highest BCUT2D eigenvalue weighted by molar-refractivity contribution is 5.42. The third-order valence-electron chi connectivity index (χ3n) is 5.76. The minimum atomic E-state index is 0.390. The van der Waals surface area contributed by atoms with E-state index in [0.717, 1.165) is 0 Å². The van der Waals surface area contributed by atoms with Crippen molar-refractivity contribution in [3.05, 3.63) is 23.9 Å². The van der Waals surface area contributed by atoms with Crippen LogP contribution in [0.15, 0.2) is 18.3 Å². The monoisotopic (exact) mass is 287 g/mol. The minimum absolute atomic E-state index is 0.390. The first-order chi connectivity index (χ1) is 10.2. The predicted octanol–water partition coefficient (Wildman–Crippen LogP) is 3.91. The van der Waals surface area contributed by atoms with Gasteiger partial charge in [-0.2, -0.15) is 0 Å². The molecule has 1 saturated heterocycles. The molecule has 21 heavy (non-hydrogen) atoms. The molecule has 1 aliphatic carbocycles. The zero-order valence-corrected chi connectivity index (χ0v) is 13.6. The second-order valence-corrected chi connectivity index (χ2v) is 7.01. The van der Waals surface area contributed by atoms with Crippen molar-refractivity contribution in [3.63, 3.8) is 0 Å². The number of pyridine rings is 1. The van der Waals surface area contributed by atoms with Crippen LogP contribution >= 0.6 is 0 Å². The van der Waals surface area contributed by atoms with Crippen molar-refractivity contribution in [1.29, 1.82) is 0 Å². The van der Waals surface area contributed by atoms with E-state index in [1.54, 1.807) is 0 Å². The topological polar surface area (TPSA) is 28.2 Å². The van der Waals surface area contributed by atoms with Crippen molar-refractivity contribution < 1.29 is 0 Å². The summed E-state index contributed by atoms with van der Waals surface area (Å²) in [6.45, 7) is 4.57. The van der Waals surface area contributed by atoms with E-state index in [1.165, 1.54) is 69.4 Å². The van der Waals surface area contributed by atoms with Gasteiger partial charge in [0.15, 0.2) is 0 Å². The molecule has 3 nitrogen and oxygen atoms in total. The normalized spacial score (nSPS) is 23.2. The third-order valence-corrected chi connectivity index (χ3v) is 5.76. The molecule has 1 spiro atoms. The molecule has 0 bridgehead atoms. The second kappa shape index (κ2) is 6.35. The second-order valence-electron chi connectivity index (χ2n) is 7.01. The van der Waals surface area contributed by atoms with Crippen LogP contribution in [0.3, 0.4) is 0 Å². The molecule has 1 saturated carbocycles. The van der Waals surface area contributed by atoms with Gasteiger partial charge in [-0.1, -0.05) is 19.3 Å². The number of hydrogen-bond acceptors (Lipinski definition) is 3. The Morgan fingerprint density at radius 1 is 1.14 bits per heavy atom. The van der Waals surface area contributed by atoms with Crippen molar-refractivity contribution >= 4 is 5.82 Å². The Bertz CT molecular complexity index is 455. The predicted molar refractivity (Wildman–Crippen MR) is 88.7 cm³/mol. The van der Waals surface area contributed by atoms with Crippen LogP contribution < -0.4 is 10.2 Å². The fraction of sp³-hybridized carbons (Fsp3) is 0.722. The lowest BCUT2D eigenvalue weighted by molar-refractivity contribution is 0.144. The Hall–Kier alpha value is -1.09. The minimum Gasteiger partial charge on any atom is -0.357 e. The number of anilines is 1. The average Bonchev–Trinajstić information content (AvgIpc) is 2.56. The fourth-order valence-corrected chi connectivity index (χ4v) is 4.06. The SMILES string of the molecule is CNC(C)c1ccnc(N2CCC3(CCCCC3)CC2)c1. The molecule has 1 aliphatic heterocycles. The third kappa shape index (κ3) is 3.23. The van der Waals surface area contributed by atoms with E-state index in [4.69, 9.17) is 0 Å². The summed E-state index contributed by atoms with van der Waals surface area (Å²) in [7, 11) is 2.01. The Morgan fingerprint density at radius 3 is 2.52 bits per heavy atom. The molecule has 2 heterocycles. The lowest BCUT2D eigenvalue weighted by Crippen LogP contribution is -2.41. The van der Waals surface area contributed by atoms with Gasteiger partial charge in [-0.25, -0.2) is 4.98 Å². The first-order valence-electron chi connectivity index (χ1n) is 8.61. The van der Waals surface area contributed by atoms with Gasteiger partial charge in [0.25, 0.3) is 0 Å². The average molecular weight is 287 g/mol. The van der Waals surface area contributed by atoms with Crippen LogP contribution in [0.1, 0.15) is 63.5 Å². The van der Waals surface area contributed by atoms with Crippen LogP contribution in [-0.2, 0) is 0 Å². The summed E-state index contributed by atoms with van der Waals surface area (Å²) < 4.78 is 0. The lowest BCUT2D eigenvalue weighted by atomic mass is 9.68. The van der Waals surface area contributed by atoms with Crippen molar-refractivity contribution in [2.24, 2.45) is 5.41 Å². The van der Waals surface area contributed by atoms with Gasteiger partial charge in [-0.15, -0.1) is 0 Å². The lowest BCUT2D eigenvalue weighted by Gasteiger charge is -2.44. The van der Waals surface area contributed by atoms with E-state index >= 15 is 0 Å². The summed E-state index contributed by atoms with van der Waals surface area (Å²) in [6, 6.07) is 4.78. The molecule has 3 rings (SSSR count). The van der Waals surface area contributed by atoms with E-state index in [1.807, 2.05) is 13.2 Å². The molecule has 0 aromatic carbocycles. The number of aromatic nitrogens is 1. The van der Waals surface area contributed by atoms with Gasteiger partial charge in [0.1, 0.15) is 5.82 Å². The van der Waals surface area contributed by atoms with E-state index < -0.39 is 0 Å². The molecule has 1 unspecified atom stereocenters. The highest BCUT2D eigenvalue weighted by Gasteiger charge is 2.35. The smallest absolute Gasteiger partial charge is 0.128 e. The van der Waals surface area contributed by atoms with Gasteiger partial charge in [0.05, 0.1) is 0 Å². The van der Waals surface area contributed by atoms with Crippen molar-refractivity contribution in [3.8, 4) is 0 Å². The maximum atomic E-state index is 4.61. The van der Waals surface area contributed by atoms with Gasteiger partial charge in [0.2, 0.25) is 0 Å². The van der Waals surface area contributed by atoms with Gasteiger partial charge in [-0.3, -0.25) is 0 Å². The summed E-state index contributed by atoms with van der Waals surface area (Å²) >= 11 is 0. The molecular weight excluding hydrogens is 258 g/mol. The standard InChI is InChI=1S/C18H29N3/c1-15(19-2)16-6-11-20-17(14-16)21-12-9-18(10-13-21)7-4-3-5-8-18/h6,11,14-15,19H,3-5,7-10,12-13H2,1-2H3. The highest BCUT2D eigenvalue weighted by Crippen LogP contribution is 2.44. The number of nitrogens with one attached hydrogen (secondary N) is 1. The van der Waals surface area contributed by atoms with Gasteiger partial charge in [0, 0.05) is 25.3 Å². The molecule has 2 aliphatic rings. The maximum absolute atomic E-state index is 4.61. The Kier molecular flexibility index (Phi) is 4.48. The van der Waals surface area contributed by atoms with E-state index in [2.05, 4.69) is 34.3 Å². The molecule has 0 amide bonds. The van der Waals surface area contributed by atoms with Gasteiger partial charge >= 0.3 is 0 Å². The summed E-state index contributed by atoms with van der Waals surface area (Å²) in [5, 5.41) is 3.31. The zero-order chi connectivity index (χ0) is 14.7. The highest BCUT2D eigenvalue weighted by atomic mass is 15.2. The maximum Gasteiger partial charge on any atom is 0.128 e. The van der Waals surface area contributed by atoms with Crippen LogP contribution in [0.2, 0.25) is 0 Å². The molecular formula is C18H29N3. The Balaban J connectivity index is 1.66. The molecule has 116 valence electrons. The number of piperidine rings is 1. The molecule has 1 atom stereocenters. The molecule has 2 fully saturated rings. The van der Waals surface area contributed by atoms with Crippen LogP contribution in [-0.4, -0.2) is 25.1 Å². The van der Waals surface area contributed by atoms with E-state index in [0.29, 0.717) is 11.5 Å². The summed E-state index contributed by atoms with van der Waals surface area (Å²) in [6.07, 6.45) is 12.0. The Morgan fingerprint density at radius 2 is 1.86 bits per heavy atom. The summed E-state index contributed by atoms with van der Waals surface area (Å²) in [5.41, 5.74) is 2.01. The quantitative estimate of drug-likeness (QED) is 0.913. The molecule has 1 aromatic heterocycles. The molecule has 0 radical (unpaired) electrons. The fourth-order valence-electron chi connectivity index (χ4n) is 4.06. The van der Waals surface area contributed by atoms with Crippen molar-refractivity contribution in [1.82, 2.24) is 10.3 Å². The largest absolute Gasteiger partial charge is 0.357 e. The van der Waals surface area contributed by atoms with E-state index in [-0.39, 0.29) is 0 Å². The summed E-state index contributed by atoms with van der Waals surface area (Å²) in [5.74, 6) is 1.17. The van der Waals surface area contributed by atoms with Gasteiger partial charge < -0.3 is 10.2 Å². The van der Waals surface area contributed by atoms with Crippen LogP contribution in [0.4, 0.5) is 5.82 Å². The first kappa shape index (κ1) is 14.8.